The van der Waals surface area contributed by atoms with Crippen molar-refractivity contribution in [2.24, 2.45) is 0 Å². The minimum Gasteiger partial charge on any atom is -0.488 e. The van der Waals surface area contributed by atoms with E-state index in [1.165, 1.54) is 24.8 Å². The lowest BCUT2D eigenvalue weighted by atomic mass is 10.1. The molecular weight excluding hydrogens is 358 g/mol. The maximum atomic E-state index is 12.1. The third kappa shape index (κ3) is 7.58. The zero-order valence-electron chi connectivity index (χ0n) is 16.8. The van der Waals surface area contributed by atoms with Gasteiger partial charge in [0, 0.05) is 26.0 Å². The Labute approximate surface area is 166 Å². The molecule has 0 bridgehead atoms. The van der Waals surface area contributed by atoms with Gasteiger partial charge in [0.2, 0.25) is 0 Å². The second kappa shape index (κ2) is 12.0. The van der Waals surface area contributed by atoms with Crippen LogP contribution >= 0.6 is 0 Å². The molecule has 0 aliphatic carbocycles. The summed E-state index contributed by atoms with van der Waals surface area (Å²) >= 11 is 0. The number of ether oxygens (including phenoxy) is 4. The van der Waals surface area contributed by atoms with E-state index in [4.69, 9.17) is 18.9 Å². The van der Waals surface area contributed by atoms with Gasteiger partial charge in [0.1, 0.15) is 18.1 Å². The van der Waals surface area contributed by atoms with Crippen LogP contribution in [0.25, 0.3) is 0 Å². The van der Waals surface area contributed by atoms with Crippen LogP contribution < -0.4 is 14.8 Å². The Kier molecular flexibility index (Phi) is 9.31. The smallest absolute Gasteiger partial charge is 0.417 e. The van der Waals surface area contributed by atoms with E-state index in [2.05, 4.69) is 12.2 Å². The van der Waals surface area contributed by atoms with Crippen molar-refractivity contribution in [3.8, 4) is 11.5 Å². The van der Waals surface area contributed by atoms with Crippen LogP contribution in [0.2, 0.25) is 0 Å². The second-order valence-corrected chi connectivity index (χ2v) is 6.36. The van der Waals surface area contributed by atoms with Crippen molar-refractivity contribution in [1.82, 2.24) is 0 Å². The number of hydrogen-bond donors (Lipinski definition) is 1. The highest BCUT2D eigenvalue weighted by atomic mass is 16.7. The molecule has 6 heteroatoms. The van der Waals surface area contributed by atoms with E-state index in [1.807, 2.05) is 24.3 Å². The highest BCUT2D eigenvalue weighted by Crippen LogP contribution is 2.20. The molecule has 0 saturated carbocycles. The van der Waals surface area contributed by atoms with Crippen LogP contribution in [-0.4, -0.2) is 33.2 Å². The van der Waals surface area contributed by atoms with Gasteiger partial charge in [0.25, 0.3) is 0 Å². The molecule has 0 unspecified atom stereocenters. The van der Waals surface area contributed by atoms with Crippen molar-refractivity contribution in [2.45, 2.75) is 38.9 Å². The predicted octanol–water partition coefficient (Wildman–Crippen LogP) is 5.03. The summed E-state index contributed by atoms with van der Waals surface area (Å²) in [6.07, 6.45) is 3.65. The Morgan fingerprint density at radius 3 is 2.39 bits per heavy atom. The molecular formula is C22H29NO5. The first kappa shape index (κ1) is 21.7. The molecule has 0 heterocycles. The van der Waals surface area contributed by atoms with E-state index >= 15 is 0 Å². The van der Waals surface area contributed by atoms with Crippen LogP contribution in [0.1, 0.15) is 31.7 Å². The SMILES string of the molecule is CCCCCc1ccc(NC(=O)Oc2cccc(OCC(OC)OC)c2)cc1. The van der Waals surface area contributed by atoms with Crippen LogP contribution in [-0.2, 0) is 15.9 Å². The molecule has 0 aliphatic heterocycles. The molecule has 0 radical (unpaired) electrons. The molecule has 28 heavy (non-hydrogen) atoms. The largest absolute Gasteiger partial charge is 0.488 e. The summed E-state index contributed by atoms with van der Waals surface area (Å²) in [6.45, 7) is 2.42. The fraction of sp³-hybridized carbons (Fsp3) is 0.409. The lowest BCUT2D eigenvalue weighted by molar-refractivity contribution is -0.121. The number of anilines is 1. The Bertz CT molecular complexity index is 713. The molecule has 0 spiro atoms. The molecule has 0 aromatic heterocycles. The first-order chi connectivity index (χ1) is 13.6. The maximum Gasteiger partial charge on any atom is 0.417 e. The monoisotopic (exact) mass is 387 g/mol. The van der Waals surface area contributed by atoms with Crippen LogP contribution in [0.5, 0.6) is 11.5 Å². The molecule has 2 aromatic rings. The second-order valence-electron chi connectivity index (χ2n) is 6.36. The highest BCUT2D eigenvalue weighted by molar-refractivity contribution is 5.86. The number of rotatable bonds is 11. The minimum absolute atomic E-state index is 0.229. The van der Waals surface area contributed by atoms with Crippen molar-refractivity contribution >= 4 is 11.8 Å². The first-order valence-electron chi connectivity index (χ1n) is 9.50. The van der Waals surface area contributed by atoms with Gasteiger partial charge in [-0.2, -0.15) is 0 Å². The predicted molar refractivity (Wildman–Crippen MR) is 109 cm³/mol. The quantitative estimate of drug-likeness (QED) is 0.433. The zero-order valence-corrected chi connectivity index (χ0v) is 16.8. The molecule has 2 rings (SSSR count). The number of carbonyl (C=O) groups is 1. The van der Waals surface area contributed by atoms with Gasteiger partial charge in [0.15, 0.2) is 6.29 Å². The summed E-state index contributed by atoms with van der Waals surface area (Å²) in [4.78, 5) is 12.1. The summed E-state index contributed by atoms with van der Waals surface area (Å²) in [5, 5.41) is 2.73. The van der Waals surface area contributed by atoms with Gasteiger partial charge in [-0.25, -0.2) is 4.79 Å². The van der Waals surface area contributed by atoms with Crippen molar-refractivity contribution < 1.29 is 23.7 Å². The summed E-state index contributed by atoms with van der Waals surface area (Å²) in [6, 6.07) is 14.7. The summed E-state index contributed by atoms with van der Waals surface area (Å²) in [7, 11) is 3.08. The topological polar surface area (TPSA) is 66.0 Å². The molecule has 152 valence electrons. The van der Waals surface area contributed by atoms with Gasteiger partial charge in [-0.05, 0) is 42.7 Å². The highest BCUT2D eigenvalue weighted by Gasteiger charge is 2.09. The molecule has 0 fully saturated rings. The molecule has 0 saturated heterocycles. The third-order valence-corrected chi connectivity index (χ3v) is 4.20. The average Bonchev–Trinajstić information content (AvgIpc) is 2.70. The van der Waals surface area contributed by atoms with Gasteiger partial charge in [-0.1, -0.05) is 38.0 Å². The number of benzene rings is 2. The normalized spacial score (nSPS) is 10.7. The first-order valence-corrected chi connectivity index (χ1v) is 9.50. The lowest BCUT2D eigenvalue weighted by Crippen LogP contribution is -2.22. The van der Waals surface area contributed by atoms with Crippen molar-refractivity contribution in [3.05, 3.63) is 54.1 Å². The Hall–Kier alpha value is -2.57. The molecule has 1 N–H and O–H groups in total. The van der Waals surface area contributed by atoms with Crippen molar-refractivity contribution in [2.75, 3.05) is 26.1 Å². The Balaban J connectivity index is 1.84. The standard InChI is InChI=1S/C22H29NO5/c1-4-5-6-8-17-11-13-18(14-12-17)23-22(24)28-20-10-7-9-19(15-20)27-16-21(25-2)26-3/h7,9-15,21H,4-6,8,16H2,1-3H3,(H,23,24). The Morgan fingerprint density at radius 2 is 1.71 bits per heavy atom. The van der Waals surface area contributed by atoms with Crippen LogP contribution in [0.15, 0.2) is 48.5 Å². The molecule has 2 aromatic carbocycles. The van der Waals surface area contributed by atoms with Crippen LogP contribution in [0.3, 0.4) is 0 Å². The van der Waals surface area contributed by atoms with Crippen LogP contribution in [0.4, 0.5) is 10.5 Å². The van der Waals surface area contributed by atoms with Gasteiger partial charge in [-0.15, -0.1) is 0 Å². The van der Waals surface area contributed by atoms with E-state index in [1.54, 1.807) is 38.5 Å². The van der Waals surface area contributed by atoms with Gasteiger partial charge in [0.05, 0.1) is 0 Å². The number of aryl methyl sites for hydroxylation is 1. The number of unbranched alkanes of at least 4 members (excludes halogenated alkanes) is 2. The molecule has 1 amide bonds. The summed E-state index contributed by atoms with van der Waals surface area (Å²) in [5.74, 6) is 0.943. The van der Waals surface area contributed by atoms with Crippen molar-refractivity contribution in [1.29, 1.82) is 0 Å². The number of carbonyl (C=O) groups excluding carboxylic acids is 1. The van der Waals surface area contributed by atoms with E-state index in [0.717, 1.165) is 6.42 Å². The van der Waals surface area contributed by atoms with E-state index < -0.39 is 12.4 Å². The van der Waals surface area contributed by atoms with E-state index in [9.17, 15) is 4.79 Å². The third-order valence-electron chi connectivity index (χ3n) is 4.20. The van der Waals surface area contributed by atoms with Crippen molar-refractivity contribution in [3.63, 3.8) is 0 Å². The van der Waals surface area contributed by atoms with Gasteiger partial charge in [-0.3, -0.25) is 5.32 Å². The lowest BCUT2D eigenvalue weighted by Gasteiger charge is -2.14. The average molecular weight is 387 g/mol. The molecule has 6 nitrogen and oxygen atoms in total. The minimum atomic E-state index is -0.553. The van der Waals surface area contributed by atoms with Crippen LogP contribution in [0, 0.1) is 0 Å². The number of methoxy groups -OCH3 is 2. The fourth-order valence-corrected chi connectivity index (χ4v) is 2.61. The number of hydrogen-bond acceptors (Lipinski definition) is 5. The van der Waals surface area contributed by atoms with Gasteiger partial charge >= 0.3 is 6.09 Å². The molecule has 0 aliphatic rings. The number of amides is 1. The maximum absolute atomic E-state index is 12.1. The van der Waals surface area contributed by atoms with E-state index in [-0.39, 0.29) is 6.61 Å². The van der Waals surface area contributed by atoms with Gasteiger partial charge < -0.3 is 18.9 Å². The zero-order chi connectivity index (χ0) is 20.2. The Morgan fingerprint density at radius 1 is 1.00 bits per heavy atom. The summed E-state index contributed by atoms with van der Waals surface area (Å²) in [5.41, 5.74) is 1.96. The number of nitrogens with one attached hydrogen (secondary N) is 1. The molecule has 0 atom stereocenters. The summed E-state index contributed by atoms with van der Waals surface area (Å²) < 4.78 is 21.1. The fourth-order valence-electron chi connectivity index (χ4n) is 2.61. The van der Waals surface area contributed by atoms with E-state index in [0.29, 0.717) is 17.2 Å².